The number of amides is 1. The van der Waals surface area contributed by atoms with Gasteiger partial charge in [-0.25, -0.2) is 9.48 Å². The number of rotatable bonds is 7. The second-order valence-electron chi connectivity index (χ2n) is 7.27. The van der Waals surface area contributed by atoms with Crippen molar-refractivity contribution in [3.8, 4) is 5.69 Å². The highest BCUT2D eigenvalue weighted by Crippen LogP contribution is 2.28. The van der Waals surface area contributed by atoms with E-state index in [1.165, 1.54) is 35.3 Å². The lowest BCUT2D eigenvalue weighted by Crippen LogP contribution is -2.26. The Bertz CT molecular complexity index is 1340. The normalized spacial score (nSPS) is 11.4. The predicted octanol–water partition coefficient (Wildman–Crippen LogP) is 3.42. The van der Waals surface area contributed by atoms with E-state index in [1.807, 2.05) is 0 Å². The van der Waals surface area contributed by atoms with Gasteiger partial charge in [0.1, 0.15) is 12.0 Å². The van der Waals surface area contributed by atoms with Crippen molar-refractivity contribution in [2.45, 2.75) is 13.0 Å². The lowest BCUT2D eigenvalue weighted by molar-refractivity contribution is -0.384. The standard InChI is InChI=1S/C23H18N6O5/c1-15-10-11-19(20(12-15)29(32)33)25-22(30)21(16-6-3-2-4-7-16)34-23(31)17-8-5-9-18(13-17)28-14-24-26-27-28/h2-14,21H,1H3,(H,25,30). The molecular formula is C23H18N6O5. The monoisotopic (exact) mass is 458 g/mol. The number of nitrogens with one attached hydrogen (secondary N) is 1. The molecule has 1 unspecified atom stereocenters. The van der Waals surface area contributed by atoms with E-state index < -0.39 is 22.9 Å². The largest absolute Gasteiger partial charge is 0.444 e. The van der Waals surface area contributed by atoms with E-state index in [0.29, 0.717) is 16.8 Å². The first kappa shape index (κ1) is 22.3. The van der Waals surface area contributed by atoms with Crippen LogP contribution in [0.25, 0.3) is 5.69 Å². The fraction of sp³-hybridized carbons (Fsp3) is 0.0870. The van der Waals surface area contributed by atoms with Gasteiger partial charge in [0, 0.05) is 11.6 Å². The van der Waals surface area contributed by atoms with Crippen molar-refractivity contribution in [3.63, 3.8) is 0 Å². The van der Waals surface area contributed by atoms with Gasteiger partial charge in [-0.3, -0.25) is 14.9 Å². The van der Waals surface area contributed by atoms with Crippen LogP contribution >= 0.6 is 0 Å². The number of benzene rings is 3. The SMILES string of the molecule is Cc1ccc(NC(=O)C(OC(=O)c2cccc(-n3cnnn3)c2)c2ccccc2)c([N+](=O)[O-])c1. The van der Waals surface area contributed by atoms with E-state index in [0.717, 1.165) is 0 Å². The van der Waals surface area contributed by atoms with Crippen molar-refractivity contribution in [2.75, 3.05) is 5.32 Å². The van der Waals surface area contributed by atoms with Crippen molar-refractivity contribution in [2.24, 2.45) is 0 Å². The number of carbonyl (C=O) groups is 2. The molecule has 4 rings (SSSR count). The molecular weight excluding hydrogens is 440 g/mol. The van der Waals surface area contributed by atoms with E-state index in [-0.39, 0.29) is 16.9 Å². The van der Waals surface area contributed by atoms with Gasteiger partial charge in [0.2, 0.25) is 6.10 Å². The molecule has 1 aromatic heterocycles. The summed E-state index contributed by atoms with van der Waals surface area (Å²) in [6.07, 6.45) is 0.0189. The van der Waals surface area contributed by atoms with Crippen molar-refractivity contribution in [1.82, 2.24) is 20.2 Å². The number of aromatic nitrogens is 4. The Morgan fingerprint density at radius 3 is 2.56 bits per heavy atom. The number of hydrogen-bond donors (Lipinski definition) is 1. The Hall–Kier alpha value is -4.93. The Kier molecular flexibility index (Phi) is 6.35. The van der Waals surface area contributed by atoms with E-state index in [1.54, 1.807) is 55.5 Å². The van der Waals surface area contributed by atoms with Crippen LogP contribution in [0.2, 0.25) is 0 Å². The van der Waals surface area contributed by atoms with Crippen molar-refractivity contribution in [3.05, 3.63) is 106 Å². The molecule has 0 radical (unpaired) electrons. The van der Waals surface area contributed by atoms with Crippen LogP contribution in [-0.2, 0) is 9.53 Å². The number of anilines is 1. The third-order valence-corrected chi connectivity index (χ3v) is 4.87. The summed E-state index contributed by atoms with van der Waals surface area (Å²) in [4.78, 5) is 37.0. The van der Waals surface area contributed by atoms with E-state index in [9.17, 15) is 19.7 Å². The van der Waals surface area contributed by atoms with E-state index >= 15 is 0 Å². The minimum atomic E-state index is -1.36. The summed E-state index contributed by atoms with van der Waals surface area (Å²) in [5.74, 6) is -1.50. The van der Waals surface area contributed by atoms with Crippen LogP contribution in [0.3, 0.4) is 0 Å². The fourth-order valence-electron chi connectivity index (χ4n) is 3.23. The van der Waals surface area contributed by atoms with Crippen molar-refractivity contribution in [1.29, 1.82) is 0 Å². The van der Waals surface area contributed by atoms with Gasteiger partial charge in [-0.2, -0.15) is 0 Å². The number of nitro groups is 1. The van der Waals surface area contributed by atoms with Crippen molar-refractivity contribution >= 4 is 23.3 Å². The molecule has 170 valence electrons. The minimum absolute atomic E-state index is 0.00161. The highest BCUT2D eigenvalue weighted by molar-refractivity contribution is 5.99. The Morgan fingerprint density at radius 1 is 1.06 bits per heavy atom. The van der Waals surface area contributed by atoms with Gasteiger partial charge in [0.25, 0.3) is 11.6 Å². The van der Waals surface area contributed by atoms with Gasteiger partial charge in [-0.1, -0.05) is 42.5 Å². The summed E-state index contributed by atoms with van der Waals surface area (Å²) in [6, 6.07) is 19.2. The third-order valence-electron chi connectivity index (χ3n) is 4.87. The maximum absolute atomic E-state index is 13.2. The third kappa shape index (κ3) is 4.93. The first-order chi connectivity index (χ1) is 16.4. The molecule has 11 heteroatoms. The van der Waals surface area contributed by atoms with Gasteiger partial charge >= 0.3 is 5.97 Å². The van der Waals surface area contributed by atoms with E-state index in [4.69, 9.17) is 4.74 Å². The Morgan fingerprint density at radius 2 is 1.85 bits per heavy atom. The summed E-state index contributed by atoms with van der Waals surface area (Å²) in [6.45, 7) is 1.71. The quantitative estimate of drug-likeness (QED) is 0.252. The molecule has 0 saturated carbocycles. The molecule has 0 spiro atoms. The highest BCUT2D eigenvalue weighted by atomic mass is 16.6. The van der Waals surface area contributed by atoms with E-state index in [2.05, 4.69) is 20.8 Å². The Balaban J connectivity index is 1.62. The first-order valence-electron chi connectivity index (χ1n) is 10.1. The molecule has 1 amide bonds. The number of ether oxygens (including phenoxy) is 1. The highest BCUT2D eigenvalue weighted by Gasteiger charge is 2.28. The summed E-state index contributed by atoms with van der Waals surface area (Å²) < 4.78 is 6.94. The zero-order valence-electron chi connectivity index (χ0n) is 17.9. The molecule has 0 aliphatic carbocycles. The van der Waals surface area contributed by atoms with Gasteiger partial charge in [0.05, 0.1) is 16.2 Å². The minimum Gasteiger partial charge on any atom is -0.444 e. The van der Waals surface area contributed by atoms with Crippen LogP contribution in [-0.4, -0.2) is 37.0 Å². The van der Waals surface area contributed by atoms with Crippen LogP contribution < -0.4 is 5.32 Å². The van der Waals surface area contributed by atoms with Crippen molar-refractivity contribution < 1.29 is 19.2 Å². The van der Waals surface area contributed by atoms with Crippen LogP contribution in [0, 0.1) is 17.0 Å². The molecule has 3 aromatic carbocycles. The zero-order chi connectivity index (χ0) is 24.1. The number of nitro benzene ring substituents is 1. The van der Waals surface area contributed by atoms with Gasteiger partial charge in [-0.15, -0.1) is 5.10 Å². The summed E-state index contributed by atoms with van der Waals surface area (Å²) in [5.41, 5.74) is 1.50. The zero-order valence-corrected chi connectivity index (χ0v) is 17.9. The molecule has 34 heavy (non-hydrogen) atoms. The van der Waals surface area contributed by atoms with Gasteiger partial charge < -0.3 is 10.1 Å². The average molecular weight is 458 g/mol. The molecule has 0 aliphatic rings. The van der Waals surface area contributed by atoms with Crippen LogP contribution in [0.5, 0.6) is 0 Å². The smallest absolute Gasteiger partial charge is 0.339 e. The summed E-state index contributed by atoms with van der Waals surface area (Å²) in [5, 5.41) is 24.9. The number of nitrogens with zero attached hydrogens (tertiary/aromatic N) is 5. The lowest BCUT2D eigenvalue weighted by atomic mass is 10.1. The number of tetrazole rings is 1. The van der Waals surface area contributed by atoms with Gasteiger partial charge in [-0.05, 0) is 47.2 Å². The molecule has 0 bridgehead atoms. The topological polar surface area (TPSA) is 142 Å². The summed E-state index contributed by atoms with van der Waals surface area (Å²) >= 11 is 0. The first-order valence-corrected chi connectivity index (χ1v) is 10.1. The molecule has 4 aromatic rings. The molecule has 0 saturated heterocycles. The second-order valence-corrected chi connectivity index (χ2v) is 7.27. The maximum Gasteiger partial charge on any atom is 0.339 e. The molecule has 11 nitrogen and oxygen atoms in total. The van der Waals surface area contributed by atoms with Gasteiger partial charge in [0.15, 0.2) is 0 Å². The second kappa shape index (κ2) is 9.69. The number of hydrogen-bond acceptors (Lipinski definition) is 8. The molecule has 0 aliphatic heterocycles. The van der Waals surface area contributed by atoms with Crippen LogP contribution in [0.1, 0.15) is 27.6 Å². The number of esters is 1. The number of aryl methyl sites for hydroxylation is 1. The maximum atomic E-state index is 13.2. The fourth-order valence-corrected chi connectivity index (χ4v) is 3.23. The average Bonchev–Trinajstić information content (AvgIpc) is 3.39. The lowest BCUT2D eigenvalue weighted by Gasteiger charge is -2.18. The molecule has 0 fully saturated rings. The van der Waals surface area contributed by atoms with Crippen LogP contribution in [0.4, 0.5) is 11.4 Å². The van der Waals surface area contributed by atoms with Crippen LogP contribution in [0.15, 0.2) is 79.1 Å². The summed E-state index contributed by atoms with van der Waals surface area (Å²) in [7, 11) is 0. The molecule has 1 atom stereocenters. The predicted molar refractivity (Wildman–Crippen MR) is 120 cm³/mol. The molecule has 1 N–H and O–H groups in total. The Labute approximate surface area is 193 Å². The number of carbonyl (C=O) groups excluding carboxylic acids is 2. The molecule has 1 heterocycles.